The normalized spacial score (nSPS) is 11.6. The third kappa shape index (κ3) is 3.28. The molecule has 1 heterocycles. The van der Waals surface area contributed by atoms with Crippen LogP contribution in [0.1, 0.15) is 5.69 Å². The molecule has 0 amide bonds. The molecular formula is C11H14N2O5S. The van der Waals surface area contributed by atoms with Crippen molar-refractivity contribution in [1.82, 2.24) is 9.55 Å². The van der Waals surface area contributed by atoms with Crippen molar-refractivity contribution in [2.45, 2.75) is 5.16 Å². The van der Waals surface area contributed by atoms with Gasteiger partial charge in [0.05, 0.1) is 36.9 Å². The molecule has 1 rings (SSSR count). The molecule has 0 N–H and O–H groups in total. The number of rotatable bonds is 4. The average Bonchev–Trinajstić information content (AvgIpc) is 2.75. The lowest BCUT2D eigenvalue weighted by atomic mass is 10.2. The summed E-state index contributed by atoms with van der Waals surface area (Å²) in [6.07, 6.45) is 4.17. The monoisotopic (exact) mass is 286 g/mol. The van der Waals surface area contributed by atoms with Gasteiger partial charge in [-0.05, 0) is 6.08 Å². The Labute approximate surface area is 112 Å². The summed E-state index contributed by atoms with van der Waals surface area (Å²) in [6, 6.07) is 0. The second kappa shape index (κ2) is 6.28. The van der Waals surface area contributed by atoms with Gasteiger partial charge in [0.25, 0.3) is 0 Å². The number of ether oxygens (including phenoxy) is 2. The number of aromatic nitrogens is 2. The van der Waals surface area contributed by atoms with Crippen molar-refractivity contribution in [2.24, 2.45) is 7.05 Å². The minimum Gasteiger partial charge on any atom is -0.465 e. The molecular weight excluding hydrogens is 272 g/mol. The Morgan fingerprint density at radius 3 is 2.21 bits per heavy atom. The van der Waals surface area contributed by atoms with Gasteiger partial charge in [-0.15, -0.1) is 0 Å². The van der Waals surface area contributed by atoms with Gasteiger partial charge in [0.15, 0.2) is 5.16 Å². The number of methoxy groups -OCH3 is 2. The van der Waals surface area contributed by atoms with Crippen LogP contribution in [0.5, 0.6) is 0 Å². The van der Waals surface area contributed by atoms with Crippen molar-refractivity contribution in [3.8, 4) is 0 Å². The number of esters is 2. The summed E-state index contributed by atoms with van der Waals surface area (Å²) >= 11 is 0. The molecule has 7 nitrogen and oxygen atoms in total. The van der Waals surface area contributed by atoms with E-state index in [1.807, 2.05) is 0 Å². The smallest absolute Gasteiger partial charge is 0.345 e. The average molecular weight is 286 g/mol. The molecule has 0 aliphatic heterocycles. The summed E-state index contributed by atoms with van der Waals surface area (Å²) in [5, 5.41) is 0.334. The summed E-state index contributed by atoms with van der Waals surface area (Å²) < 4.78 is 21.9. The van der Waals surface area contributed by atoms with Crippen LogP contribution in [0.2, 0.25) is 0 Å². The van der Waals surface area contributed by atoms with E-state index in [-0.39, 0.29) is 5.57 Å². The Morgan fingerprint density at radius 2 is 1.84 bits per heavy atom. The van der Waals surface area contributed by atoms with E-state index in [2.05, 4.69) is 14.5 Å². The van der Waals surface area contributed by atoms with E-state index in [0.29, 0.717) is 10.9 Å². The van der Waals surface area contributed by atoms with E-state index < -0.39 is 22.7 Å². The number of hydrogen-bond donors (Lipinski definition) is 0. The minimum absolute atomic E-state index is 0.263. The first kappa shape index (κ1) is 15.1. The van der Waals surface area contributed by atoms with Gasteiger partial charge < -0.3 is 14.0 Å². The Bertz CT molecular complexity index is 543. The fourth-order valence-corrected chi connectivity index (χ4v) is 2.07. The summed E-state index contributed by atoms with van der Waals surface area (Å²) in [5.41, 5.74) is 0.178. The molecule has 0 aromatic carbocycles. The van der Waals surface area contributed by atoms with Crippen LogP contribution in [0.25, 0.3) is 6.08 Å². The lowest BCUT2D eigenvalue weighted by Gasteiger charge is -2.04. The molecule has 0 fully saturated rings. The van der Waals surface area contributed by atoms with E-state index in [4.69, 9.17) is 0 Å². The molecule has 0 aliphatic carbocycles. The third-order valence-electron chi connectivity index (χ3n) is 2.34. The summed E-state index contributed by atoms with van der Waals surface area (Å²) in [7, 11) is 2.68. The van der Waals surface area contributed by atoms with Gasteiger partial charge >= 0.3 is 11.9 Å². The van der Waals surface area contributed by atoms with Gasteiger partial charge in [0, 0.05) is 13.3 Å². The lowest BCUT2D eigenvalue weighted by Crippen LogP contribution is -2.16. The summed E-state index contributed by atoms with van der Waals surface area (Å²) in [5.74, 6) is -1.63. The number of hydrogen-bond acceptors (Lipinski definition) is 6. The van der Waals surface area contributed by atoms with Crippen molar-refractivity contribution in [3.05, 3.63) is 17.5 Å². The van der Waals surface area contributed by atoms with Gasteiger partial charge in [-0.3, -0.25) is 4.21 Å². The maximum absolute atomic E-state index is 11.5. The quantitative estimate of drug-likeness (QED) is 0.332. The third-order valence-corrected chi connectivity index (χ3v) is 3.23. The van der Waals surface area contributed by atoms with Crippen molar-refractivity contribution in [1.29, 1.82) is 0 Å². The first-order valence-electron chi connectivity index (χ1n) is 5.15. The topological polar surface area (TPSA) is 87.5 Å². The zero-order valence-corrected chi connectivity index (χ0v) is 11.8. The van der Waals surface area contributed by atoms with Crippen LogP contribution in [0.15, 0.2) is 16.9 Å². The Kier molecular flexibility index (Phi) is 4.99. The molecule has 1 aromatic heterocycles. The van der Waals surface area contributed by atoms with E-state index in [1.54, 1.807) is 7.05 Å². The predicted octanol–water partition coefficient (Wildman–Crippen LogP) is -0.113. The molecule has 0 radical (unpaired) electrons. The molecule has 1 aromatic rings. The van der Waals surface area contributed by atoms with Crippen LogP contribution < -0.4 is 0 Å². The Balaban J connectivity index is 3.26. The Hall–Kier alpha value is -1.96. The van der Waals surface area contributed by atoms with Crippen LogP contribution in [-0.2, 0) is 36.9 Å². The largest absolute Gasteiger partial charge is 0.465 e. The fraction of sp³-hybridized carbons (Fsp3) is 0.364. The van der Waals surface area contributed by atoms with Crippen molar-refractivity contribution < 1.29 is 23.3 Å². The molecule has 0 aliphatic rings. The van der Waals surface area contributed by atoms with Crippen molar-refractivity contribution in [2.75, 3.05) is 20.5 Å². The second-order valence-corrected chi connectivity index (χ2v) is 4.79. The highest BCUT2D eigenvalue weighted by Gasteiger charge is 2.21. The van der Waals surface area contributed by atoms with Crippen LogP contribution in [0.3, 0.4) is 0 Å². The first-order chi connectivity index (χ1) is 8.92. The molecule has 104 valence electrons. The van der Waals surface area contributed by atoms with E-state index in [9.17, 15) is 13.8 Å². The minimum atomic E-state index is -1.27. The van der Waals surface area contributed by atoms with Crippen LogP contribution in [-0.4, -0.2) is 46.2 Å². The van der Waals surface area contributed by atoms with Crippen molar-refractivity contribution >= 4 is 28.8 Å². The van der Waals surface area contributed by atoms with Crippen LogP contribution in [0.4, 0.5) is 0 Å². The van der Waals surface area contributed by atoms with Gasteiger partial charge in [0.1, 0.15) is 5.57 Å². The number of carbonyl (C=O) groups is 2. The highest BCUT2D eigenvalue weighted by Crippen LogP contribution is 2.12. The molecule has 1 atom stereocenters. The van der Waals surface area contributed by atoms with Crippen LogP contribution in [0, 0.1) is 0 Å². The standard InChI is InChI=1S/C11H14N2O5S/c1-13-7(6-12-11(13)19(4)16)5-8(9(14)17-2)10(15)18-3/h5-6H,1-4H3. The summed E-state index contributed by atoms with van der Waals surface area (Å²) in [6.45, 7) is 0. The number of carbonyl (C=O) groups excluding carboxylic acids is 2. The fourth-order valence-electron chi connectivity index (χ4n) is 1.38. The highest BCUT2D eigenvalue weighted by atomic mass is 32.2. The van der Waals surface area contributed by atoms with Gasteiger partial charge in [-0.25, -0.2) is 14.6 Å². The van der Waals surface area contributed by atoms with E-state index >= 15 is 0 Å². The molecule has 0 bridgehead atoms. The maximum Gasteiger partial charge on any atom is 0.345 e. The van der Waals surface area contributed by atoms with Crippen molar-refractivity contribution in [3.63, 3.8) is 0 Å². The van der Waals surface area contributed by atoms with E-state index in [0.717, 1.165) is 14.2 Å². The highest BCUT2D eigenvalue weighted by molar-refractivity contribution is 7.84. The summed E-state index contributed by atoms with van der Waals surface area (Å²) in [4.78, 5) is 26.9. The molecule has 19 heavy (non-hydrogen) atoms. The number of nitrogens with zero attached hydrogens (tertiary/aromatic N) is 2. The molecule has 1 unspecified atom stereocenters. The molecule has 8 heteroatoms. The zero-order chi connectivity index (χ0) is 14.6. The van der Waals surface area contributed by atoms with Gasteiger partial charge in [0.2, 0.25) is 0 Å². The Morgan fingerprint density at radius 1 is 1.32 bits per heavy atom. The first-order valence-corrected chi connectivity index (χ1v) is 6.71. The van der Waals surface area contributed by atoms with Crippen LogP contribution >= 0.6 is 0 Å². The SMILES string of the molecule is COC(=O)C(=Cc1cnc(S(C)=O)n1C)C(=O)OC. The second-order valence-electron chi connectivity index (χ2n) is 3.52. The molecule has 0 saturated carbocycles. The predicted molar refractivity (Wildman–Crippen MR) is 67.5 cm³/mol. The maximum atomic E-state index is 11.5. The van der Waals surface area contributed by atoms with Gasteiger partial charge in [-0.2, -0.15) is 0 Å². The molecule has 0 spiro atoms. The number of imidazole rings is 1. The molecule has 0 saturated heterocycles. The lowest BCUT2D eigenvalue weighted by molar-refractivity contribution is -0.143. The van der Waals surface area contributed by atoms with Gasteiger partial charge in [-0.1, -0.05) is 0 Å². The van der Waals surface area contributed by atoms with E-state index in [1.165, 1.54) is 23.1 Å². The zero-order valence-electron chi connectivity index (χ0n) is 11.0.